The maximum atomic E-state index is 13.1. The lowest BCUT2D eigenvalue weighted by Gasteiger charge is -2.27. The van der Waals surface area contributed by atoms with Crippen LogP contribution in [0.15, 0.2) is 54.1 Å². The summed E-state index contributed by atoms with van der Waals surface area (Å²) in [6, 6.07) is 12.4. The number of phenolic OH excluding ortho intramolecular Hbond substituents is 1. The summed E-state index contributed by atoms with van der Waals surface area (Å²) in [5.74, 6) is -0.929. The number of benzene rings is 2. The fourth-order valence-electron chi connectivity index (χ4n) is 4.19. The summed E-state index contributed by atoms with van der Waals surface area (Å²) in [5, 5.41) is 21.1. The predicted molar refractivity (Wildman–Crippen MR) is 127 cm³/mol. The second kappa shape index (κ2) is 11.0. The van der Waals surface area contributed by atoms with Crippen molar-refractivity contribution in [2.45, 2.75) is 33.2 Å². The smallest absolute Gasteiger partial charge is 0.295 e. The molecule has 0 radical (unpaired) electrons. The largest absolute Gasteiger partial charge is 0.508 e. The van der Waals surface area contributed by atoms with Crippen LogP contribution in [0.2, 0.25) is 0 Å². The molecule has 1 fully saturated rings. The van der Waals surface area contributed by atoms with Crippen LogP contribution >= 0.6 is 0 Å². The molecule has 0 saturated carbocycles. The van der Waals surface area contributed by atoms with Crippen molar-refractivity contribution in [3.8, 4) is 11.5 Å². The van der Waals surface area contributed by atoms with Gasteiger partial charge in [-0.15, -0.1) is 0 Å². The minimum Gasteiger partial charge on any atom is -0.508 e. The number of carbonyl (C=O) groups excluding carboxylic acids is 2. The molecule has 0 bridgehead atoms. The number of nitrogens with zero attached hydrogens (tertiary/aromatic N) is 2. The van der Waals surface area contributed by atoms with Crippen LogP contribution in [0, 0.1) is 0 Å². The van der Waals surface area contributed by atoms with Gasteiger partial charge in [-0.2, -0.15) is 0 Å². The zero-order valence-corrected chi connectivity index (χ0v) is 19.5. The average molecular weight is 453 g/mol. The Labute approximate surface area is 194 Å². The van der Waals surface area contributed by atoms with Crippen molar-refractivity contribution in [2.24, 2.45) is 0 Å². The quantitative estimate of drug-likeness (QED) is 0.322. The molecule has 2 N–H and O–H groups in total. The average Bonchev–Trinajstić information content (AvgIpc) is 3.07. The second-order valence-electron chi connectivity index (χ2n) is 7.93. The Balaban J connectivity index is 2.00. The molecule has 33 heavy (non-hydrogen) atoms. The minimum atomic E-state index is -0.777. The summed E-state index contributed by atoms with van der Waals surface area (Å²) >= 11 is 0. The van der Waals surface area contributed by atoms with Gasteiger partial charge in [0.2, 0.25) is 0 Å². The number of aliphatic hydroxyl groups excluding tert-OH is 1. The fourth-order valence-corrected chi connectivity index (χ4v) is 4.19. The molecule has 7 nitrogen and oxygen atoms in total. The van der Waals surface area contributed by atoms with Gasteiger partial charge in [0.25, 0.3) is 11.7 Å². The standard InChI is InChI=1S/C26H32N2O5/c1-4-27(5-2)15-8-16-28-23(19-9-7-10-20(29)17-19)22(25(31)26(28)32)24(30)18-11-13-21(14-12-18)33-6-3/h7,9-14,17,23,29-30H,4-6,8,15-16H2,1-3H3/b24-22+. The van der Waals surface area contributed by atoms with Gasteiger partial charge in [0.05, 0.1) is 18.2 Å². The van der Waals surface area contributed by atoms with E-state index in [9.17, 15) is 19.8 Å². The number of amides is 1. The van der Waals surface area contributed by atoms with Crippen LogP contribution in [0.5, 0.6) is 11.5 Å². The third-order valence-electron chi connectivity index (χ3n) is 5.93. The Bertz CT molecular complexity index is 1010. The van der Waals surface area contributed by atoms with E-state index in [2.05, 4.69) is 18.7 Å². The lowest BCUT2D eigenvalue weighted by Crippen LogP contribution is -2.33. The molecule has 0 aliphatic carbocycles. The SMILES string of the molecule is CCOc1ccc(/C(O)=C2\C(=O)C(=O)N(CCCN(CC)CC)C2c2cccc(O)c2)cc1. The van der Waals surface area contributed by atoms with E-state index in [4.69, 9.17) is 4.74 Å². The Kier molecular flexibility index (Phi) is 8.11. The summed E-state index contributed by atoms with van der Waals surface area (Å²) in [7, 11) is 0. The van der Waals surface area contributed by atoms with Gasteiger partial charge in [-0.05, 0) is 74.9 Å². The number of phenols is 1. The highest BCUT2D eigenvalue weighted by molar-refractivity contribution is 6.46. The maximum Gasteiger partial charge on any atom is 0.295 e. The summed E-state index contributed by atoms with van der Waals surface area (Å²) in [6.45, 7) is 9.53. The van der Waals surface area contributed by atoms with Gasteiger partial charge in [-0.1, -0.05) is 26.0 Å². The Morgan fingerprint density at radius 1 is 1.06 bits per heavy atom. The number of hydrogen-bond donors (Lipinski definition) is 2. The van der Waals surface area contributed by atoms with E-state index in [1.807, 2.05) is 6.92 Å². The van der Waals surface area contributed by atoms with E-state index in [0.717, 1.165) is 19.6 Å². The van der Waals surface area contributed by atoms with Crippen LogP contribution in [0.1, 0.15) is 44.4 Å². The van der Waals surface area contributed by atoms with Crippen LogP contribution in [-0.2, 0) is 9.59 Å². The Morgan fingerprint density at radius 2 is 1.76 bits per heavy atom. The molecule has 1 aliphatic heterocycles. The zero-order valence-electron chi connectivity index (χ0n) is 19.5. The molecule has 1 saturated heterocycles. The maximum absolute atomic E-state index is 13.1. The monoisotopic (exact) mass is 452 g/mol. The molecule has 2 aromatic carbocycles. The van der Waals surface area contributed by atoms with Crippen molar-refractivity contribution in [1.29, 1.82) is 0 Å². The van der Waals surface area contributed by atoms with E-state index < -0.39 is 17.7 Å². The topological polar surface area (TPSA) is 90.3 Å². The van der Waals surface area contributed by atoms with Crippen molar-refractivity contribution < 1.29 is 24.5 Å². The molecule has 0 aromatic heterocycles. The van der Waals surface area contributed by atoms with Crippen molar-refractivity contribution in [3.05, 3.63) is 65.2 Å². The third kappa shape index (κ3) is 5.37. The van der Waals surface area contributed by atoms with E-state index >= 15 is 0 Å². The number of rotatable bonds is 10. The van der Waals surface area contributed by atoms with E-state index in [0.29, 0.717) is 36.4 Å². The number of carbonyl (C=O) groups is 2. The number of aromatic hydroxyl groups is 1. The molecule has 176 valence electrons. The molecule has 0 spiro atoms. The third-order valence-corrected chi connectivity index (χ3v) is 5.93. The van der Waals surface area contributed by atoms with Gasteiger partial charge >= 0.3 is 0 Å². The first-order valence-corrected chi connectivity index (χ1v) is 11.4. The van der Waals surface area contributed by atoms with Crippen molar-refractivity contribution in [1.82, 2.24) is 9.80 Å². The van der Waals surface area contributed by atoms with Crippen LogP contribution in [0.25, 0.3) is 5.76 Å². The molecular formula is C26H32N2O5. The summed E-state index contributed by atoms with van der Waals surface area (Å²) in [4.78, 5) is 29.8. The van der Waals surface area contributed by atoms with Crippen molar-refractivity contribution in [3.63, 3.8) is 0 Å². The van der Waals surface area contributed by atoms with Crippen LogP contribution in [0.3, 0.4) is 0 Å². The van der Waals surface area contributed by atoms with E-state index in [1.165, 1.54) is 17.0 Å². The highest BCUT2D eigenvalue weighted by atomic mass is 16.5. The van der Waals surface area contributed by atoms with Gasteiger partial charge in [0.1, 0.15) is 17.3 Å². The fraction of sp³-hybridized carbons (Fsp3) is 0.385. The molecule has 7 heteroatoms. The number of hydrogen-bond acceptors (Lipinski definition) is 6. The molecule has 1 unspecified atom stereocenters. The molecule has 3 rings (SSSR count). The Morgan fingerprint density at radius 3 is 2.36 bits per heavy atom. The van der Waals surface area contributed by atoms with Crippen LogP contribution in [0.4, 0.5) is 0 Å². The van der Waals surface area contributed by atoms with Gasteiger partial charge in [0, 0.05) is 12.1 Å². The number of ketones is 1. The number of likely N-dealkylation sites (tertiary alicyclic amines) is 1. The van der Waals surface area contributed by atoms with E-state index in [-0.39, 0.29) is 17.1 Å². The molecular weight excluding hydrogens is 420 g/mol. The number of aliphatic hydroxyl groups is 1. The highest BCUT2D eigenvalue weighted by Gasteiger charge is 2.45. The first-order valence-electron chi connectivity index (χ1n) is 11.4. The molecule has 1 atom stereocenters. The number of ether oxygens (including phenoxy) is 1. The number of Topliss-reactive ketones (excluding diaryl/α,β-unsaturated/α-hetero) is 1. The lowest BCUT2D eigenvalue weighted by atomic mass is 9.95. The summed E-state index contributed by atoms with van der Waals surface area (Å²) < 4.78 is 5.45. The second-order valence-corrected chi connectivity index (χ2v) is 7.93. The summed E-state index contributed by atoms with van der Waals surface area (Å²) in [6.07, 6.45) is 0.688. The highest BCUT2D eigenvalue weighted by Crippen LogP contribution is 2.40. The molecule has 1 heterocycles. The van der Waals surface area contributed by atoms with Gasteiger partial charge in [-0.3, -0.25) is 9.59 Å². The van der Waals surface area contributed by atoms with Crippen LogP contribution in [-0.4, -0.2) is 64.5 Å². The minimum absolute atomic E-state index is 0.0256. The first-order chi connectivity index (χ1) is 15.9. The predicted octanol–water partition coefficient (Wildman–Crippen LogP) is 3.94. The molecule has 1 aliphatic rings. The van der Waals surface area contributed by atoms with Crippen molar-refractivity contribution >= 4 is 17.4 Å². The normalized spacial score (nSPS) is 17.7. The first kappa shape index (κ1) is 24.3. The molecule has 1 amide bonds. The van der Waals surface area contributed by atoms with Crippen LogP contribution < -0.4 is 4.74 Å². The zero-order chi connectivity index (χ0) is 24.0. The van der Waals surface area contributed by atoms with Gasteiger partial charge in [-0.25, -0.2) is 0 Å². The van der Waals surface area contributed by atoms with Gasteiger partial charge in [0.15, 0.2) is 0 Å². The van der Waals surface area contributed by atoms with Gasteiger partial charge < -0.3 is 24.7 Å². The van der Waals surface area contributed by atoms with E-state index in [1.54, 1.807) is 36.4 Å². The molecule has 2 aromatic rings. The van der Waals surface area contributed by atoms with Crippen molar-refractivity contribution in [2.75, 3.05) is 32.8 Å². The summed E-state index contributed by atoms with van der Waals surface area (Å²) in [5.41, 5.74) is 1.02. The lowest BCUT2D eigenvalue weighted by molar-refractivity contribution is -0.140. The Hall–Kier alpha value is -3.32.